The molecule has 0 atom stereocenters. The topological polar surface area (TPSA) is 33.5 Å². The second kappa shape index (κ2) is 7.10. The van der Waals surface area contributed by atoms with E-state index in [-0.39, 0.29) is 5.63 Å². The van der Waals surface area contributed by atoms with E-state index in [1.54, 1.807) is 6.07 Å². The van der Waals surface area contributed by atoms with E-state index in [1.807, 2.05) is 25.1 Å². The molecule has 1 aliphatic heterocycles. The van der Waals surface area contributed by atoms with Gasteiger partial charge in [0.25, 0.3) is 0 Å². The molecule has 132 valence electrons. The molecule has 0 saturated carbocycles. The number of aryl methyl sites for hydroxylation is 1. The van der Waals surface area contributed by atoms with Crippen LogP contribution in [0.4, 0.5) is 0 Å². The van der Waals surface area contributed by atoms with E-state index in [9.17, 15) is 4.79 Å². The fraction of sp³-hybridized carbons (Fsp3) is 0.227. The van der Waals surface area contributed by atoms with E-state index < -0.39 is 0 Å². The summed E-state index contributed by atoms with van der Waals surface area (Å²) in [6, 6.07) is 15.8. The van der Waals surface area contributed by atoms with Crippen molar-refractivity contribution in [2.24, 2.45) is 0 Å². The van der Waals surface area contributed by atoms with Gasteiger partial charge in [0.2, 0.25) is 0 Å². The Labute approximate surface area is 157 Å². The molecular formula is C22H20ClNO2. The summed E-state index contributed by atoms with van der Waals surface area (Å²) < 4.78 is 5.36. The third-order valence-electron chi connectivity index (χ3n) is 4.94. The van der Waals surface area contributed by atoms with Crippen LogP contribution in [0.5, 0.6) is 0 Å². The summed E-state index contributed by atoms with van der Waals surface area (Å²) in [4.78, 5) is 14.3. The Hall–Kier alpha value is -2.36. The Kier molecular flexibility index (Phi) is 4.66. The summed E-state index contributed by atoms with van der Waals surface area (Å²) >= 11 is 6.29. The molecule has 3 nitrogen and oxygen atoms in total. The van der Waals surface area contributed by atoms with Crippen LogP contribution in [0.15, 0.2) is 63.8 Å². The first kappa shape index (κ1) is 17.1. The molecule has 0 aliphatic carbocycles. The molecule has 0 unspecified atom stereocenters. The summed E-state index contributed by atoms with van der Waals surface area (Å²) in [5, 5.41) is 1.61. The molecule has 4 heteroatoms. The Morgan fingerprint density at radius 1 is 1.15 bits per heavy atom. The average molecular weight is 366 g/mol. The number of nitrogens with zero attached hydrogens (tertiary/aromatic N) is 1. The summed E-state index contributed by atoms with van der Waals surface area (Å²) in [5.41, 5.74) is 4.85. The molecular weight excluding hydrogens is 346 g/mol. The molecule has 0 bridgehead atoms. The van der Waals surface area contributed by atoms with Gasteiger partial charge in [0.05, 0.1) is 0 Å². The minimum atomic E-state index is -0.313. The number of hydrogen-bond acceptors (Lipinski definition) is 3. The molecule has 0 radical (unpaired) electrons. The van der Waals surface area contributed by atoms with Crippen molar-refractivity contribution in [3.63, 3.8) is 0 Å². The molecule has 1 aromatic heterocycles. The fourth-order valence-corrected chi connectivity index (χ4v) is 3.65. The van der Waals surface area contributed by atoms with Gasteiger partial charge in [-0.1, -0.05) is 48.0 Å². The van der Waals surface area contributed by atoms with Gasteiger partial charge in [0, 0.05) is 36.1 Å². The van der Waals surface area contributed by atoms with Crippen LogP contribution in [0, 0.1) is 6.92 Å². The number of hydrogen-bond donors (Lipinski definition) is 0. The number of fused-ring (bicyclic) bond motifs is 1. The molecule has 2 heterocycles. The molecule has 4 rings (SSSR count). The molecule has 2 aromatic carbocycles. The normalized spacial score (nSPS) is 15.2. The van der Waals surface area contributed by atoms with Gasteiger partial charge in [-0.05, 0) is 47.7 Å². The summed E-state index contributed by atoms with van der Waals surface area (Å²) in [6.45, 7) is 4.45. The van der Waals surface area contributed by atoms with Gasteiger partial charge in [-0.15, -0.1) is 0 Å². The second-order valence-corrected chi connectivity index (χ2v) is 7.18. The molecule has 0 spiro atoms. The highest BCUT2D eigenvalue weighted by Gasteiger charge is 2.16. The molecule has 1 aliphatic rings. The Bertz CT molecular complexity index is 1040. The van der Waals surface area contributed by atoms with Gasteiger partial charge in [-0.25, -0.2) is 4.79 Å². The van der Waals surface area contributed by atoms with Crippen LogP contribution in [0.1, 0.15) is 23.1 Å². The van der Waals surface area contributed by atoms with Crippen molar-refractivity contribution in [2.75, 3.05) is 13.1 Å². The summed E-state index contributed by atoms with van der Waals surface area (Å²) in [6.07, 6.45) is 3.28. The lowest BCUT2D eigenvalue weighted by atomic mass is 9.99. The monoisotopic (exact) mass is 365 g/mol. The zero-order chi connectivity index (χ0) is 18.1. The van der Waals surface area contributed by atoms with Gasteiger partial charge < -0.3 is 4.42 Å². The van der Waals surface area contributed by atoms with Crippen molar-refractivity contribution in [2.45, 2.75) is 19.9 Å². The quantitative estimate of drug-likeness (QED) is 0.609. The number of rotatable bonds is 3. The predicted octanol–water partition coefficient (Wildman–Crippen LogP) is 5.04. The highest BCUT2D eigenvalue weighted by Crippen LogP contribution is 2.27. The maximum absolute atomic E-state index is 11.9. The van der Waals surface area contributed by atoms with Gasteiger partial charge in [-0.2, -0.15) is 0 Å². The van der Waals surface area contributed by atoms with Crippen molar-refractivity contribution in [1.82, 2.24) is 4.90 Å². The minimum Gasteiger partial charge on any atom is -0.423 e. The predicted molar refractivity (Wildman–Crippen MR) is 107 cm³/mol. The van der Waals surface area contributed by atoms with Gasteiger partial charge >= 0.3 is 5.63 Å². The largest absolute Gasteiger partial charge is 0.423 e. The first-order chi connectivity index (χ1) is 12.6. The molecule has 0 fully saturated rings. The number of halogens is 1. The molecule has 0 amide bonds. The minimum absolute atomic E-state index is 0.313. The Morgan fingerprint density at radius 3 is 2.69 bits per heavy atom. The van der Waals surface area contributed by atoms with E-state index in [2.05, 4.69) is 35.2 Å². The van der Waals surface area contributed by atoms with E-state index in [4.69, 9.17) is 16.0 Å². The Morgan fingerprint density at radius 2 is 1.96 bits per heavy atom. The lowest BCUT2D eigenvalue weighted by Crippen LogP contribution is -2.28. The van der Waals surface area contributed by atoms with Crippen molar-refractivity contribution < 1.29 is 4.42 Å². The zero-order valence-corrected chi connectivity index (χ0v) is 15.4. The second-order valence-electron chi connectivity index (χ2n) is 6.77. The van der Waals surface area contributed by atoms with Crippen LogP contribution < -0.4 is 5.63 Å². The molecule has 0 N–H and O–H groups in total. The maximum atomic E-state index is 11.9. The van der Waals surface area contributed by atoms with Gasteiger partial charge in [0.1, 0.15) is 5.58 Å². The standard InChI is InChI=1S/C22H20ClNO2/c1-15-11-21-19(13-20(15)23)18(12-22(25)26-21)14-24-9-7-17(8-10-24)16-5-3-2-4-6-16/h2-7,11-13H,8-10,14H2,1H3. The van der Waals surface area contributed by atoms with Crippen LogP contribution in [0.3, 0.4) is 0 Å². The van der Waals surface area contributed by atoms with Crippen molar-refractivity contribution in [3.05, 3.63) is 86.7 Å². The van der Waals surface area contributed by atoms with E-state index in [0.717, 1.165) is 36.0 Å². The third kappa shape index (κ3) is 3.46. The smallest absolute Gasteiger partial charge is 0.336 e. The molecule has 0 saturated heterocycles. The SMILES string of the molecule is Cc1cc2oc(=O)cc(CN3CC=C(c4ccccc4)CC3)c2cc1Cl. The lowest BCUT2D eigenvalue weighted by Gasteiger charge is -2.26. The van der Waals surface area contributed by atoms with E-state index in [0.29, 0.717) is 17.2 Å². The fourth-order valence-electron chi connectivity index (χ4n) is 3.49. The van der Waals surface area contributed by atoms with Crippen LogP contribution in [0.25, 0.3) is 16.5 Å². The first-order valence-electron chi connectivity index (χ1n) is 8.80. The highest BCUT2D eigenvalue weighted by atomic mass is 35.5. The zero-order valence-electron chi connectivity index (χ0n) is 14.7. The van der Waals surface area contributed by atoms with Crippen molar-refractivity contribution in [1.29, 1.82) is 0 Å². The average Bonchev–Trinajstić information content (AvgIpc) is 2.65. The van der Waals surface area contributed by atoms with Gasteiger partial charge in [0.15, 0.2) is 0 Å². The van der Waals surface area contributed by atoms with Crippen LogP contribution in [0.2, 0.25) is 5.02 Å². The van der Waals surface area contributed by atoms with E-state index >= 15 is 0 Å². The summed E-state index contributed by atoms with van der Waals surface area (Å²) in [7, 11) is 0. The molecule has 26 heavy (non-hydrogen) atoms. The van der Waals surface area contributed by atoms with Crippen LogP contribution >= 0.6 is 11.6 Å². The Balaban J connectivity index is 1.60. The van der Waals surface area contributed by atoms with Gasteiger partial charge in [-0.3, -0.25) is 4.90 Å². The highest BCUT2D eigenvalue weighted by molar-refractivity contribution is 6.32. The van der Waals surface area contributed by atoms with Crippen LogP contribution in [-0.4, -0.2) is 18.0 Å². The van der Waals surface area contributed by atoms with Crippen molar-refractivity contribution in [3.8, 4) is 0 Å². The third-order valence-corrected chi connectivity index (χ3v) is 5.35. The molecule has 3 aromatic rings. The van der Waals surface area contributed by atoms with Crippen molar-refractivity contribution >= 4 is 28.1 Å². The van der Waals surface area contributed by atoms with Crippen LogP contribution in [-0.2, 0) is 6.54 Å². The number of benzene rings is 2. The maximum Gasteiger partial charge on any atom is 0.336 e. The lowest BCUT2D eigenvalue weighted by molar-refractivity contribution is 0.294. The van der Waals surface area contributed by atoms with E-state index in [1.165, 1.54) is 11.1 Å². The first-order valence-corrected chi connectivity index (χ1v) is 9.17. The summed E-state index contributed by atoms with van der Waals surface area (Å²) in [5.74, 6) is 0.